The lowest BCUT2D eigenvalue weighted by Gasteiger charge is -2.01. The normalized spacial score (nSPS) is 13.2. The molecule has 0 aliphatic heterocycles. The van der Waals surface area contributed by atoms with Gasteiger partial charge in [0.25, 0.3) is 0 Å². The maximum atomic E-state index is 10.3. The fourth-order valence-corrected chi connectivity index (χ4v) is 2.28. The van der Waals surface area contributed by atoms with Crippen LogP contribution in [-0.2, 0) is 17.6 Å². The molecule has 0 atom stereocenters. The third kappa shape index (κ3) is 1.69. The van der Waals surface area contributed by atoms with Crippen LogP contribution in [0.1, 0.15) is 17.5 Å². The van der Waals surface area contributed by atoms with Crippen LogP contribution in [0.25, 0.3) is 11.3 Å². The van der Waals surface area contributed by atoms with E-state index in [-0.39, 0.29) is 0 Å². The number of benzene rings is 1. The summed E-state index contributed by atoms with van der Waals surface area (Å²) in [6.45, 7) is 0. The number of carbonyl (C=O) groups excluding carboxylic acids is 1. The minimum absolute atomic E-state index is 0.429. The van der Waals surface area contributed by atoms with Crippen molar-refractivity contribution in [3.63, 3.8) is 0 Å². The Morgan fingerprint density at radius 1 is 1.29 bits per heavy atom. The molecule has 4 heteroatoms. The van der Waals surface area contributed by atoms with Gasteiger partial charge in [-0.1, -0.05) is 17.3 Å². The molecule has 1 aromatic carbocycles. The van der Waals surface area contributed by atoms with Crippen LogP contribution in [0, 0.1) is 0 Å². The second-order valence-electron chi connectivity index (χ2n) is 4.08. The highest BCUT2D eigenvalue weighted by molar-refractivity contribution is 5.72. The van der Waals surface area contributed by atoms with Gasteiger partial charge in [0.05, 0.1) is 6.20 Å². The van der Waals surface area contributed by atoms with Gasteiger partial charge < -0.3 is 4.52 Å². The molecule has 3 rings (SSSR count). The first-order chi connectivity index (χ1) is 8.38. The third-order valence-electron chi connectivity index (χ3n) is 3.08. The zero-order chi connectivity index (χ0) is 11.7. The van der Waals surface area contributed by atoms with Gasteiger partial charge in [-0.05, 0) is 36.5 Å². The summed E-state index contributed by atoms with van der Waals surface area (Å²) < 4.78 is 5.14. The molecule has 84 valence electrons. The number of aliphatic imine (C=N–C) groups is 1. The standard InChI is InChI=1S/C13H10N2O2/c16-8-14-12-7-15-17-13(12)11-5-4-9-2-1-3-10(9)6-11/h4-7H,1-3H2. The van der Waals surface area contributed by atoms with Crippen LogP contribution in [0.3, 0.4) is 0 Å². The number of aromatic nitrogens is 1. The van der Waals surface area contributed by atoms with Crippen LogP contribution in [0.2, 0.25) is 0 Å². The van der Waals surface area contributed by atoms with Crippen molar-refractivity contribution >= 4 is 11.8 Å². The lowest BCUT2D eigenvalue weighted by atomic mass is 10.0. The van der Waals surface area contributed by atoms with Gasteiger partial charge in [0.15, 0.2) is 5.76 Å². The third-order valence-corrected chi connectivity index (χ3v) is 3.08. The molecule has 2 aromatic rings. The molecule has 1 heterocycles. The van der Waals surface area contributed by atoms with Crippen molar-refractivity contribution in [1.29, 1.82) is 0 Å². The van der Waals surface area contributed by atoms with Gasteiger partial charge in [0.1, 0.15) is 5.69 Å². The van der Waals surface area contributed by atoms with Crippen molar-refractivity contribution in [2.45, 2.75) is 19.3 Å². The van der Waals surface area contributed by atoms with Crippen molar-refractivity contribution in [3.8, 4) is 11.3 Å². The molecule has 0 N–H and O–H groups in total. The topological polar surface area (TPSA) is 55.5 Å². The summed E-state index contributed by atoms with van der Waals surface area (Å²) >= 11 is 0. The van der Waals surface area contributed by atoms with Gasteiger partial charge in [-0.2, -0.15) is 4.99 Å². The second kappa shape index (κ2) is 4.00. The molecule has 17 heavy (non-hydrogen) atoms. The molecule has 0 spiro atoms. The van der Waals surface area contributed by atoms with E-state index >= 15 is 0 Å². The summed E-state index contributed by atoms with van der Waals surface area (Å²) in [7, 11) is 0. The summed E-state index contributed by atoms with van der Waals surface area (Å²) in [4.78, 5) is 13.9. The Morgan fingerprint density at radius 3 is 3.06 bits per heavy atom. The SMILES string of the molecule is O=C=Nc1cnoc1-c1ccc2c(c1)CCC2. The first-order valence-electron chi connectivity index (χ1n) is 5.53. The Labute approximate surface area is 98.0 Å². The quantitative estimate of drug-likeness (QED) is 0.584. The highest BCUT2D eigenvalue weighted by Gasteiger charge is 2.15. The number of hydrogen-bond acceptors (Lipinski definition) is 4. The van der Waals surface area contributed by atoms with E-state index in [1.165, 1.54) is 29.8 Å². The first kappa shape index (κ1) is 10.00. The maximum absolute atomic E-state index is 10.3. The van der Waals surface area contributed by atoms with E-state index in [0.29, 0.717) is 11.4 Å². The molecule has 0 unspecified atom stereocenters. The van der Waals surface area contributed by atoms with Crippen LogP contribution in [0.5, 0.6) is 0 Å². The molecule has 0 fully saturated rings. The van der Waals surface area contributed by atoms with E-state index in [2.05, 4.69) is 22.3 Å². The zero-order valence-electron chi connectivity index (χ0n) is 9.14. The van der Waals surface area contributed by atoms with E-state index in [1.807, 2.05) is 6.07 Å². The molecule has 0 saturated heterocycles. The lowest BCUT2D eigenvalue weighted by Crippen LogP contribution is -1.83. The number of rotatable bonds is 2. The number of nitrogens with zero attached hydrogens (tertiary/aromatic N) is 2. The Hall–Kier alpha value is -2.19. The van der Waals surface area contributed by atoms with Crippen LogP contribution in [-0.4, -0.2) is 11.2 Å². The monoisotopic (exact) mass is 226 g/mol. The lowest BCUT2D eigenvalue weighted by molar-refractivity contribution is 0.432. The van der Waals surface area contributed by atoms with E-state index in [0.717, 1.165) is 18.4 Å². The number of hydrogen-bond donors (Lipinski definition) is 0. The van der Waals surface area contributed by atoms with Gasteiger partial charge in [-0.15, -0.1) is 0 Å². The smallest absolute Gasteiger partial charge is 0.240 e. The summed E-state index contributed by atoms with van der Waals surface area (Å²) in [5.41, 5.74) is 4.09. The average molecular weight is 226 g/mol. The van der Waals surface area contributed by atoms with Crippen LogP contribution < -0.4 is 0 Å². The van der Waals surface area contributed by atoms with E-state index in [1.54, 1.807) is 0 Å². The minimum atomic E-state index is 0.429. The molecule has 1 aliphatic rings. The van der Waals surface area contributed by atoms with Crippen molar-refractivity contribution in [3.05, 3.63) is 35.5 Å². The summed E-state index contributed by atoms with van der Waals surface area (Å²) in [5.74, 6) is 0.531. The molecule has 0 saturated carbocycles. The molecule has 0 radical (unpaired) electrons. The van der Waals surface area contributed by atoms with Crippen LogP contribution >= 0.6 is 0 Å². The summed E-state index contributed by atoms with van der Waals surface area (Å²) in [6, 6.07) is 6.18. The Bertz CT molecular complexity index is 610. The molecular weight excluding hydrogens is 216 g/mol. The molecule has 0 amide bonds. The van der Waals surface area contributed by atoms with Gasteiger partial charge in [0.2, 0.25) is 6.08 Å². The first-order valence-corrected chi connectivity index (χ1v) is 5.53. The van der Waals surface area contributed by atoms with E-state index < -0.39 is 0 Å². The zero-order valence-corrected chi connectivity index (χ0v) is 9.14. The molecule has 1 aromatic heterocycles. The molecule has 4 nitrogen and oxygen atoms in total. The molecule has 1 aliphatic carbocycles. The van der Waals surface area contributed by atoms with Crippen molar-refractivity contribution in [1.82, 2.24) is 5.16 Å². The van der Waals surface area contributed by atoms with E-state index in [9.17, 15) is 4.79 Å². The average Bonchev–Trinajstić information content (AvgIpc) is 2.96. The Kier molecular flexibility index (Phi) is 2.35. The van der Waals surface area contributed by atoms with Crippen molar-refractivity contribution in [2.24, 2.45) is 4.99 Å². The Morgan fingerprint density at radius 2 is 2.18 bits per heavy atom. The minimum Gasteiger partial charge on any atom is -0.354 e. The second-order valence-corrected chi connectivity index (χ2v) is 4.08. The molecule has 0 bridgehead atoms. The van der Waals surface area contributed by atoms with Gasteiger partial charge >= 0.3 is 0 Å². The Balaban J connectivity index is 2.09. The van der Waals surface area contributed by atoms with Crippen molar-refractivity contribution in [2.75, 3.05) is 0 Å². The number of fused-ring (bicyclic) bond motifs is 1. The predicted octanol–water partition coefficient (Wildman–Crippen LogP) is 2.80. The highest BCUT2D eigenvalue weighted by atomic mass is 16.5. The van der Waals surface area contributed by atoms with Crippen molar-refractivity contribution < 1.29 is 9.32 Å². The summed E-state index contributed by atoms with van der Waals surface area (Å²) in [6.07, 6.45) is 6.38. The number of isocyanates is 1. The fraction of sp³-hybridized carbons (Fsp3) is 0.231. The van der Waals surface area contributed by atoms with Crippen LogP contribution in [0.4, 0.5) is 5.69 Å². The van der Waals surface area contributed by atoms with E-state index in [4.69, 9.17) is 4.52 Å². The molecular formula is C13H10N2O2. The predicted molar refractivity (Wildman–Crippen MR) is 61.7 cm³/mol. The van der Waals surface area contributed by atoms with Crippen LogP contribution in [0.15, 0.2) is 33.9 Å². The van der Waals surface area contributed by atoms with Gasteiger partial charge in [-0.25, -0.2) is 4.79 Å². The van der Waals surface area contributed by atoms with Gasteiger partial charge in [-0.3, -0.25) is 0 Å². The largest absolute Gasteiger partial charge is 0.354 e. The maximum Gasteiger partial charge on any atom is 0.240 e. The highest BCUT2D eigenvalue weighted by Crippen LogP contribution is 2.33. The summed E-state index contributed by atoms with van der Waals surface area (Å²) in [5, 5.41) is 3.66. The van der Waals surface area contributed by atoms with Gasteiger partial charge in [0, 0.05) is 5.56 Å². The fourth-order valence-electron chi connectivity index (χ4n) is 2.28. The number of aryl methyl sites for hydroxylation is 2.